The van der Waals surface area contributed by atoms with Crippen LogP contribution in [0.5, 0.6) is 17.2 Å². The van der Waals surface area contributed by atoms with Crippen molar-refractivity contribution in [3.05, 3.63) is 86.0 Å². The van der Waals surface area contributed by atoms with Gasteiger partial charge in [0, 0.05) is 73.5 Å². The van der Waals surface area contributed by atoms with E-state index in [2.05, 4.69) is 4.90 Å². The summed E-state index contributed by atoms with van der Waals surface area (Å²) in [6.45, 7) is 1.63. The van der Waals surface area contributed by atoms with Crippen LogP contribution in [-0.2, 0) is 39.6 Å². The summed E-state index contributed by atoms with van der Waals surface area (Å²) in [5, 5.41) is 46.7. The fraction of sp³-hybridized carbons (Fsp3) is 0.421. The number of ether oxygens (including phenoxy) is 7. The quantitative estimate of drug-likeness (QED) is 0.0498. The molecule has 0 radical (unpaired) electrons. The number of aliphatic hydroxyl groups is 1. The lowest BCUT2D eigenvalue weighted by atomic mass is 9.71. The zero-order valence-electron chi connectivity index (χ0n) is 30.4. The molecular formula is C38H37N3O16. The third-order valence-electron chi connectivity index (χ3n) is 11.1. The lowest BCUT2D eigenvalue weighted by Gasteiger charge is -2.43. The Kier molecular flexibility index (Phi) is 9.71. The molecule has 3 fully saturated rings. The van der Waals surface area contributed by atoms with Crippen LogP contribution in [0.2, 0.25) is 0 Å². The van der Waals surface area contributed by atoms with Crippen LogP contribution in [-0.4, -0.2) is 118 Å². The molecule has 0 saturated carbocycles. The van der Waals surface area contributed by atoms with Gasteiger partial charge in [0.25, 0.3) is 5.69 Å². The molecule has 3 aromatic carbocycles. The zero-order valence-corrected chi connectivity index (χ0v) is 30.4. The van der Waals surface area contributed by atoms with E-state index in [4.69, 9.17) is 38.9 Å². The third-order valence-corrected chi connectivity index (χ3v) is 11.1. The van der Waals surface area contributed by atoms with Gasteiger partial charge in [-0.1, -0.05) is 12.1 Å². The molecule has 19 heteroatoms. The van der Waals surface area contributed by atoms with E-state index in [9.17, 15) is 44.6 Å². The number of Topliss-reactive ketones (excluding diaryl/α,β-unsaturated/α-hetero) is 1. The third kappa shape index (κ3) is 6.46. The minimum Gasteiger partial charge on any atom is -0.507 e. The second-order valence-electron chi connectivity index (χ2n) is 14.4. The highest BCUT2D eigenvalue weighted by Gasteiger charge is 2.55. The van der Waals surface area contributed by atoms with Gasteiger partial charge in [-0.25, -0.2) is 4.79 Å². The number of nitrogens with zero attached hydrogens (tertiary/aromatic N) is 2. The summed E-state index contributed by atoms with van der Waals surface area (Å²) in [6.07, 6.45) is -7.10. The van der Waals surface area contributed by atoms with Gasteiger partial charge in [-0.15, -0.1) is 0 Å². The number of nitrogen functional groups attached to an aromatic ring is 1. The number of methoxy groups -OCH3 is 1. The monoisotopic (exact) mass is 791 g/mol. The van der Waals surface area contributed by atoms with Crippen LogP contribution in [0.1, 0.15) is 68.8 Å². The molecule has 8 atom stereocenters. The van der Waals surface area contributed by atoms with Crippen LogP contribution < -0.4 is 10.5 Å². The predicted octanol–water partition coefficient (Wildman–Crippen LogP) is 2.42. The summed E-state index contributed by atoms with van der Waals surface area (Å²) < 4.78 is 40.2. The predicted molar refractivity (Wildman–Crippen MR) is 190 cm³/mol. The summed E-state index contributed by atoms with van der Waals surface area (Å²) >= 11 is 0. The lowest BCUT2D eigenvalue weighted by Crippen LogP contribution is -2.55. The number of anilines is 1. The van der Waals surface area contributed by atoms with Crippen molar-refractivity contribution in [1.82, 2.24) is 4.90 Å². The number of carbonyl (C=O) groups is 4. The molecule has 8 rings (SSSR count). The van der Waals surface area contributed by atoms with E-state index < -0.39 is 113 Å². The number of nitrogens with two attached hydrogens (primary N) is 1. The number of aromatic hydroxyl groups is 2. The highest BCUT2D eigenvalue weighted by molar-refractivity contribution is 6.32. The molecule has 3 saturated heterocycles. The van der Waals surface area contributed by atoms with E-state index in [1.807, 2.05) is 0 Å². The number of benzene rings is 3. The first-order valence-electron chi connectivity index (χ1n) is 18.0. The maximum absolute atomic E-state index is 13.9. The molecule has 0 spiro atoms. The zero-order chi connectivity index (χ0) is 40.5. The van der Waals surface area contributed by atoms with Crippen LogP contribution in [0.25, 0.3) is 0 Å². The number of nitro benzene ring substituents is 1. The van der Waals surface area contributed by atoms with Crippen molar-refractivity contribution >= 4 is 34.9 Å². The Hall–Kier alpha value is -5.54. The number of ketones is 3. The number of phenols is 2. The molecule has 5 aliphatic rings. The van der Waals surface area contributed by atoms with E-state index >= 15 is 0 Å². The Balaban J connectivity index is 1.11. The molecule has 300 valence electrons. The van der Waals surface area contributed by atoms with Crippen molar-refractivity contribution in [2.24, 2.45) is 0 Å². The molecule has 0 aromatic heterocycles. The fourth-order valence-corrected chi connectivity index (χ4v) is 8.45. The lowest BCUT2D eigenvalue weighted by molar-refractivity contribution is -0.384. The Morgan fingerprint density at radius 1 is 1.05 bits per heavy atom. The van der Waals surface area contributed by atoms with Crippen molar-refractivity contribution in [3.63, 3.8) is 0 Å². The van der Waals surface area contributed by atoms with Crippen LogP contribution in [0.15, 0.2) is 42.5 Å². The summed E-state index contributed by atoms with van der Waals surface area (Å²) in [5.74, 6) is -4.33. The van der Waals surface area contributed by atoms with Gasteiger partial charge in [0.1, 0.15) is 29.0 Å². The molecule has 3 aromatic rings. The van der Waals surface area contributed by atoms with E-state index in [1.165, 1.54) is 25.3 Å². The number of morpholine rings is 1. The summed E-state index contributed by atoms with van der Waals surface area (Å²) in [5.41, 5.74) is 1.60. The SMILES string of the molecule is CO[C@H]1OCCN2[C@@H]1O[C@@H]1[C@H](C)OC(O[C@H]3C[C@](O)(C(=O)COC(=O)Oc4ccc([N+](=O)[O-])cc4)Cc4c(O)c5c(c(O)c43)C(=O)c3c(N)cccc3C5=O)C[C@@H]12. The minimum absolute atomic E-state index is 0.0250. The molecule has 19 nitrogen and oxygen atoms in total. The number of phenolic OH excluding ortho intramolecular Hbond substituents is 2. The largest absolute Gasteiger partial charge is 0.514 e. The first kappa shape index (κ1) is 38.3. The molecule has 0 amide bonds. The van der Waals surface area contributed by atoms with Gasteiger partial charge in [0.2, 0.25) is 5.78 Å². The number of nitro groups is 1. The topological polar surface area (TPSA) is 266 Å². The Morgan fingerprint density at radius 3 is 2.51 bits per heavy atom. The van der Waals surface area contributed by atoms with E-state index in [0.29, 0.717) is 13.2 Å². The number of hydrogen-bond donors (Lipinski definition) is 4. The minimum atomic E-state index is -2.45. The van der Waals surface area contributed by atoms with Gasteiger partial charge in [-0.3, -0.25) is 29.4 Å². The number of fused-ring (bicyclic) bond motifs is 6. The smallest absolute Gasteiger partial charge is 0.507 e. The normalized spacial score (nSPS) is 29.0. The summed E-state index contributed by atoms with van der Waals surface area (Å²) in [6, 6.07) is 8.43. The highest BCUT2D eigenvalue weighted by atomic mass is 16.7. The average Bonchev–Trinajstić information content (AvgIpc) is 3.56. The van der Waals surface area contributed by atoms with E-state index in [-0.39, 0.29) is 51.8 Å². The second-order valence-corrected chi connectivity index (χ2v) is 14.4. The van der Waals surface area contributed by atoms with Crippen molar-refractivity contribution in [2.75, 3.05) is 32.6 Å². The maximum Gasteiger partial charge on any atom is 0.514 e. The number of carbonyl (C=O) groups excluding carboxylic acids is 4. The Bertz CT molecular complexity index is 2200. The number of non-ortho nitro benzene ring substituents is 1. The first-order chi connectivity index (χ1) is 27.2. The highest BCUT2D eigenvalue weighted by Crippen LogP contribution is 2.53. The molecule has 5 N–H and O–H groups in total. The van der Waals surface area contributed by atoms with Crippen molar-refractivity contribution in [2.45, 2.75) is 74.9 Å². The van der Waals surface area contributed by atoms with Gasteiger partial charge in [-0.2, -0.15) is 0 Å². The number of rotatable bonds is 8. The number of hydrogen-bond acceptors (Lipinski definition) is 18. The van der Waals surface area contributed by atoms with Crippen molar-refractivity contribution < 1.29 is 72.6 Å². The van der Waals surface area contributed by atoms with Crippen LogP contribution in [0.3, 0.4) is 0 Å². The molecule has 1 unspecified atom stereocenters. The average molecular weight is 792 g/mol. The molecule has 0 bridgehead atoms. The molecule has 57 heavy (non-hydrogen) atoms. The molecule has 2 aliphatic carbocycles. The summed E-state index contributed by atoms with van der Waals surface area (Å²) in [7, 11) is 1.51. The van der Waals surface area contributed by atoms with Crippen molar-refractivity contribution in [3.8, 4) is 17.2 Å². The van der Waals surface area contributed by atoms with Gasteiger partial charge in [-0.05, 0) is 25.1 Å². The van der Waals surface area contributed by atoms with Gasteiger partial charge in [0.05, 0.1) is 40.4 Å². The Morgan fingerprint density at radius 2 is 1.79 bits per heavy atom. The van der Waals surface area contributed by atoms with Crippen LogP contribution >= 0.6 is 0 Å². The molecule has 3 aliphatic heterocycles. The van der Waals surface area contributed by atoms with Crippen molar-refractivity contribution in [1.29, 1.82) is 0 Å². The van der Waals surface area contributed by atoms with E-state index in [0.717, 1.165) is 24.3 Å². The standard InChI is InChI=1S/C38H37N3O16/c1-16-34-22(40-10-11-52-36(51-2)35(40)57-34)12-25(54-16)56-23-14-38(48,24(42)15-53-37(47)55-18-8-6-17(7-9-18)41(49)50)13-20-27(23)33(46)29-28(31(20)44)30(43)19-4-3-5-21(39)26(19)32(29)45/h3-9,16,22-23,25,34-36,44,46,48H,10-15,39H2,1-2H3/t16-,22-,23-,25?,34+,35+,36-,38-/m0/s1. The van der Waals surface area contributed by atoms with Gasteiger partial charge >= 0.3 is 6.16 Å². The molecular weight excluding hydrogens is 754 g/mol. The Labute approximate surface area is 322 Å². The van der Waals surface area contributed by atoms with Crippen LogP contribution in [0.4, 0.5) is 16.2 Å². The summed E-state index contributed by atoms with van der Waals surface area (Å²) in [4.78, 5) is 66.5. The first-order valence-corrected chi connectivity index (χ1v) is 18.0. The van der Waals surface area contributed by atoms with Crippen LogP contribution in [0, 0.1) is 10.1 Å². The second kappa shape index (κ2) is 14.4. The van der Waals surface area contributed by atoms with Gasteiger partial charge < -0.3 is 54.2 Å². The maximum atomic E-state index is 13.9. The fourth-order valence-electron chi connectivity index (χ4n) is 8.45. The van der Waals surface area contributed by atoms with Gasteiger partial charge in [0.15, 0.2) is 37.0 Å². The molecule has 3 heterocycles. The van der Waals surface area contributed by atoms with E-state index in [1.54, 1.807) is 6.92 Å².